The fraction of sp³-hybridized carbons (Fsp3) is 0.219. The number of ether oxygens (including phenoxy) is 1. The number of unbranched alkanes of at least 4 members (excludes halogenated alkanes) is 1. The van der Waals surface area contributed by atoms with Crippen molar-refractivity contribution in [2.45, 2.75) is 19.8 Å². The third-order valence-corrected chi connectivity index (χ3v) is 6.65. The van der Waals surface area contributed by atoms with Gasteiger partial charge in [-0.05, 0) is 79.2 Å². The van der Waals surface area contributed by atoms with Crippen molar-refractivity contribution >= 4 is 40.1 Å². The lowest BCUT2D eigenvalue weighted by Crippen LogP contribution is -2.18. The molecule has 0 aliphatic heterocycles. The number of anilines is 6. The average Bonchev–Trinajstić information content (AvgIpc) is 2.97. The van der Waals surface area contributed by atoms with Crippen molar-refractivity contribution in [1.29, 1.82) is 0 Å². The van der Waals surface area contributed by atoms with Crippen LogP contribution in [0.25, 0.3) is 0 Å². The molecule has 0 atom stereocenters. The topological polar surface area (TPSA) is 36.0 Å². The number of esters is 1. The first-order valence-electron chi connectivity index (χ1n) is 12.7. The van der Waals surface area contributed by atoms with Gasteiger partial charge >= 0.3 is 5.97 Å². The van der Waals surface area contributed by atoms with E-state index in [1.54, 1.807) is 6.07 Å². The van der Waals surface area contributed by atoms with Crippen LogP contribution in [0, 0.1) is 0 Å². The minimum Gasteiger partial charge on any atom is -0.465 e. The summed E-state index contributed by atoms with van der Waals surface area (Å²) < 4.78 is 4.95. The van der Waals surface area contributed by atoms with Gasteiger partial charge in [0, 0.05) is 49.1 Å². The molecule has 0 radical (unpaired) electrons. The van der Waals surface area contributed by atoms with Crippen LogP contribution in [0.2, 0.25) is 0 Å². The number of hydrogen-bond acceptors (Lipinski definition) is 5. The van der Waals surface area contributed by atoms with Crippen LogP contribution in [-0.2, 0) is 4.74 Å². The van der Waals surface area contributed by atoms with Crippen LogP contribution >= 0.6 is 0 Å². The van der Waals surface area contributed by atoms with Crippen LogP contribution in [-0.4, -0.2) is 33.7 Å². The first-order chi connectivity index (χ1) is 18.0. The molecule has 0 saturated heterocycles. The Morgan fingerprint density at radius 3 is 1.70 bits per heavy atom. The zero-order valence-electron chi connectivity index (χ0n) is 22.1. The van der Waals surface area contributed by atoms with Crippen molar-refractivity contribution in [3.63, 3.8) is 0 Å². The first-order valence-corrected chi connectivity index (χ1v) is 12.7. The zero-order valence-corrected chi connectivity index (χ0v) is 22.1. The minimum atomic E-state index is -0.345. The van der Waals surface area contributed by atoms with E-state index in [-0.39, 0.29) is 5.97 Å². The Bertz CT molecular complexity index is 1290. The van der Waals surface area contributed by atoms with Crippen molar-refractivity contribution in [1.82, 2.24) is 0 Å². The molecule has 4 rings (SSSR count). The largest absolute Gasteiger partial charge is 0.465 e. The number of para-hydroxylation sites is 2. The summed E-state index contributed by atoms with van der Waals surface area (Å²) in [5, 5.41) is 0. The number of benzene rings is 4. The molecule has 0 spiro atoms. The van der Waals surface area contributed by atoms with E-state index in [0.29, 0.717) is 5.56 Å². The zero-order chi connectivity index (χ0) is 26.2. The van der Waals surface area contributed by atoms with E-state index in [4.69, 9.17) is 4.74 Å². The van der Waals surface area contributed by atoms with E-state index in [1.807, 2.05) is 30.1 Å². The highest BCUT2D eigenvalue weighted by molar-refractivity contribution is 5.96. The quantitative estimate of drug-likeness (QED) is 0.210. The second kappa shape index (κ2) is 12.1. The Hall–Kier alpha value is -4.25. The van der Waals surface area contributed by atoms with Gasteiger partial charge in [0.15, 0.2) is 0 Å². The molecular weight excluding hydrogens is 458 g/mol. The Morgan fingerprint density at radius 2 is 1.14 bits per heavy atom. The third kappa shape index (κ3) is 5.95. The average molecular weight is 494 g/mol. The molecule has 190 valence electrons. The van der Waals surface area contributed by atoms with E-state index in [9.17, 15) is 4.79 Å². The number of rotatable bonds is 10. The van der Waals surface area contributed by atoms with Gasteiger partial charge in [0.1, 0.15) is 0 Å². The summed E-state index contributed by atoms with van der Waals surface area (Å²) in [5.41, 5.74) is 6.93. The van der Waals surface area contributed by atoms with Gasteiger partial charge in [-0.25, -0.2) is 4.79 Å². The van der Waals surface area contributed by atoms with E-state index >= 15 is 0 Å². The summed E-state index contributed by atoms with van der Waals surface area (Å²) in [5.74, 6) is -0.345. The predicted molar refractivity (Wildman–Crippen MR) is 155 cm³/mol. The summed E-state index contributed by atoms with van der Waals surface area (Å²) in [6.07, 6.45) is 2.30. The van der Waals surface area contributed by atoms with E-state index in [1.165, 1.54) is 18.5 Å². The molecule has 5 nitrogen and oxygen atoms in total. The van der Waals surface area contributed by atoms with Gasteiger partial charge in [-0.1, -0.05) is 43.7 Å². The number of hydrogen-bond donors (Lipinski definition) is 0. The minimum absolute atomic E-state index is 0.345. The number of carbonyl (C=O) groups excluding carboxylic acids is 1. The molecule has 5 heteroatoms. The number of carbonyl (C=O) groups is 1. The standard InChI is InChI=1S/C32H35N3O2/c1-5-6-24-35(28-12-8-7-9-13-28)29-22-20-26(21-23-29)33(2)25-16-18-27(19-17-25)34(3)31-15-11-10-14-30(31)32(36)37-4/h7-23H,5-6,24H2,1-4H3. The maximum atomic E-state index is 12.2. The van der Waals surface area contributed by atoms with E-state index < -0.39 is 0 Å². The Labute approximate surface area is 220 Å². The van der Waals surface area contributed by atoms with Crippen LogP contribution in [0.3, 0.4) is 0 Å². The van der Waals surface area contributed by atoms with Crippen LogP contribution in [0.4, 0.5) is 34.1 Å². The molecular formula is C32H35N3O2. The van der Waals surface area contributed by atoms with Gasteiger partial charge in [-0.15, -0.1) is 0 Å². The molecule has 37 heavy (non-hydrogen) atoms. The van der Waals surface area contributed by atoms with Crippen molar-refractivity contribution in [2.24, 2.45) is 0 Å². The second-order valence-corrected chi connectivity index (χ2v) is 9.00. The van der Waals surface area contributed by atoms with E-state index in [2.05, 4.69) is 103 Å². The van der Waals surface area contributed by atoms with Gasteiger partial charge in [0.05, 0.1) is 18.4 Å². The molecule has 0 aliphatic rings. The lowest BCUT2D eigenvalue weighted by atomic mass is 10.1. The van der Waals surface area contributed by atoms with Crippen LogP contribution < -0.4 is 14.7 Å². The molecule has 0 saturated carbocycles. The molecule has 0 amide bonds. The van der Waals surface area contributed by atoms with Gasteiger partial charge in [0.2, 0.25) is 0 Å². The first kappa shape index (κ1) is 25.8. The normalized spacial score (nSPS) is 10.6. The molecule has 0 unspecified atom stereocenters. The molecule has 0 bridgehead atoms. The van der Waals surface area contributed by atoms with Crippen molar-refractivity contribution in [3.8, 4) is 0 Å². The third-order valence-electron chi connectivity index (χ3n) is 6.65. The summed E-state index contributed by atoms with van der Waals surface area (Å²) in [4.78, 5) is 18.8. The van der Waals surface area contributed by atoms with E-state index in [0.717, 1.165) is 42.1 Å². The molecule has 0 aliphatic carbocycles. The van der Waals surface area contributed by atoms with Gasteiger partial charge < -0.3 is 19.4 Å². The van der Waals surface area contributed by atoms with Crippen molar-refractivity contribution in [2.75, 3.05) is 42.4 Å². The summed E-state index contributed by atoms with van der Waals surface area (Å²) in [6, 6.07) is 35.1. The highest BCUT2D eigenvalue weighted by atomic mass is 16.5. The monoisotopic (exact) mass is 493 g/mol. The summed E-state index contributed by atoms with van der Waals surface area (Å²) in [6.45, 7) is 3.21. The summed E-state index contributed by atoms with van der Waals surface area (Å²) >= 11 is 0. The molecule has 0 heterocycles. The Morgan fingerprint density at radius 1 is 0.649 bits per heavy atom. The van der Waals surface area contributed by atoms with Gasteiger partial charge in [-0.3, -0.25) is 0 Å². The Kier molecular flexibility index (Phi) is 8.47. The lowest BCUT2D eigenvalue weighted by Gasteiger charge is -2.27. The van der Waals surface area contributed by atoms with Crippen LogP contribution in [0.5, 0.6) is 0 Å². The fourth-order valence-electron chi connectivity index (χ4n) is 4.42. The SMILES string of the molecule is CCCCN(c1ccccc1)c1ccc(N(C)c2ccc(N(C)c3ccccc3C(=O)OC)cc2)cc1. The van der Waals surface area contributed by atoms with Crippen molar-refractivity contribution in [3.05, 3.63) is 109 Å². The number of methoxy groups -OCH3 is 1. The van der Waals surface area contributed by atoms with Crippen LogP contribution in [0.1, 0.15) is 30.1 Å². The maximum Gasteiger partial charge on any atom is 0.339 e. The Balaban J connectivity index is 1.51. The molecule has 0 N–H and O–H groups in total. The van der Waals surface area contributed by atoms with Crippen molar-refractivity contribution < 1.29 is 9.53 Å². The smallest absolute Gasteiger partial charge is 0.339 e. The molecule has 0 fully saturated rings. The lowest BCUT2D eigenvalue weighted by molar-refractivity contribution is 0.0601. The van der Waals surface area contributed by atoms with Gasteiger partial charge in [0.25, 0.3) is 0 Å². The highest BCUT2D eigenvalue weighted by Gasteiger charge is 2.16. The number of nitrogens with zero attached hydrogens (tertiary/aromatic N) is 3. The predicted octanol–water partition coefficient (Wildman–Crippen LogP) is 7.95. The highest BCUT2D eigenvalue weighted by Crippen LogP contribution is 2.32. The van der Waals surface area contributed by atoms with Gasteiger partial charge in [-0.2, -0.15) is 0 Å². The molecule has 4 aromatic carbocycles. The summed E-state index contributed by atoms with van der Waals surface area (Å²) in [7, 11) is 5.43. The van der Waals surface area contributed by atoms with Crippen LogP contribution in [0.15, 0.2) is 103 Å². The second-order valence-electron chi connectivity index (χ2n) is 9.00. The fourth-order valence-corrected chi connectivity index (χ4v) is 4.42. The molecule has 4 aromatic rings. The maximum absolute atomic E-state index is 12.2. The molecule has 0 aromatic heterocycles.